The van der Waals surface area contributed by atoms with Crippen molar-refractivity contribution in [1.82, 2.24) is 15.1 Å². The van der Waals surface area contributed by atoms with Gasteiger partial charge >= 0.3 is 6.09 Å². The molecule has 1 fully saturated rings. The zero-order valence-electron chi connectivity index (χ0n) is 14.3. The fraction of sp³-hybridized carbons (Fsp3) is 0.529. The predicted octanol–water partition coefficient (Wildman–Crippen LogP) is 0.806. The molecule has 0 atom stereocenters. The first-order valence-electron chi connectivity index (χ1n) is 8.45. The number of amides is 2. The van der Waals surface area contributed by atoms with Crippen molar-refractivity contribution in [3.8, 4) is 11.5 Å². The van der Waals surface area contributed by atoms with Gasteiger partial charge in [0.05, 0.1) is 13.2 Å². The van der Waals surface area contributed by atoms with Gasteiger partial charge in [-0.1, -0.05) is 6.07 Å². The molecule has 2 aliphatic rings. The van der Waals surface area contributed by atoms with Crippen LogP contribution >= 0.6 is 0 Å². The number of nitrogens with one attached hydrogen (secondary N) is 1. The minimum absolute atomic E-state index is 0.0396. The van der Waals surface area contributed by atoms with Crippen LogP contribution in [-0.4, -0.2) is 67.9 Å². The largest absolute Gasteiger partial charge is 0.454 e. The van der Waals surface area contributed by atoms with Crippen molar-refractivity contribution < 1.29 is 23.8 Å². The number of nitrogens with zero attached hydrogens (tertiary/aromatic N) is 2. The maximum atomic E-state index is 12.1. The summed E-state index contributed by atoms with van der Waals surface area (Å²) in [5, 5.41) is 2.91. The predicted molar refractivity (Wildman–Crippen MR) is 89.4 cm³/mol. The summed E-state index contributed by atoms with van der Waals surface area (Å²) in [6.07, 6.45) is -0.283. The summed E-state index contributed by atoms with van der Waals surface area (Å²) >= 11 is 0. The van der Waals surface area contributed by atoms with Crippen molar-refractivity contribution in [2.75, 3.05) is 46.1 Å². The molecule has 1 saturated heterocycles. The number of fused-ring (bicyclic) bond motifs is 1. The van der Waals surface area contributed by atoms with Gasteiger partial charge in [0.15, 0.2) is 11.5 Å². The highest BCUT2D eigenvalue weighted by molar-refractivity contribution is 5.78. The van der Waals surface area contributed by atoms with Crippen molar-refractivity contribution in [2.45, 2.75) is 13.5 Å². The standard InChI is InChI=1S/C17H23N3O5/c1-2-23-17(22)20-7-5-19(6-8-20)11-16(21)18-10-13-3-4-14-15(9-13)25-12-24-14/h3-4,9H,2,5-8,10-12H2,1H3,(H,18,21). The summed E-state index contributed by atoms with van der Waals surface area (Å²) in [5.41, 5.74) is 0.963. The first kappa shape index (κ1) is 17.3. The highest BCUT2D eigenvalue weighted by atomic mass is 16.7. The van der Waals surface area contributed by atoms with E-state index in [1.165, 1.54) is 0 Å². The van der Waals surface area contributed by atoms with E-state index < -0.39 is 0 Å². The molecule has 25 heavy (non-hydrogen) atoms. The summed E-state index contributed by atoms with van der Waals surface area (Å²) in [5.74, 6) is 1.40. The van der Waals surface area contributed by atoms with E-state index in [1.807, 2.05) is 23.1 Å². The molecule has 8 nitrogen and oxygen atoms in total. The van der Waals surface area contributed by atoms with Crippen LogP contribution in [0.5, 0.6) is 11.5 Å². The zero-order valence-corrected chi connectivity index (χ0v) is 14.3. The Hall–Kier alpha value is -2.48. The third kappa shape index (κ3) is 4.54. The van der Waals surface area contributed by atoms with E-state index in [1.54, 1.807) is 11.8 Å². The first-order chi connectivity index (χ1) is 12.2. The molecule has 3 rings (SSSR count). The van der Waals surface area contributed by atoms with Crippen molar-refractivity contribution in [2.24, 2.45) is 0 Å². The fourth-order valence-electron chi connectivity index (χ4n) is 2.81. The van der Waals surface area contributed by atoms with Gasteiger partial charge in [-0.2, -0.15) is 0 Å². The van der Waals surface area contributed by atoms with E-state index in [0.29, 0.717) is 51.6 Å². The van der Waals surface area contributed by atoms with Crippen LogP contribution in [-0.2, 0) is 16.1 Å². The van der Waals surface area contributed by atoms with E-state index in [2.05, 4.69) is 5.32 Å². The van der Waals surface area contributed by atoms with Gasteiger partial charge in [-0.3, -0.25) is 9.69 Å². The van der Waals surface area contributed by atoms with E-state index in [4.69, 9.17) is 14.2 Å². The number of ether oxygens (including phenoxy) is 3. The maximum absolute atomic E-state index is 12.1. The van der Waals surface area contributed by atoms with Crippen LogP contribution in [0, 0.1) is 0 Å². The average Bonchev–Trinajstić information content (AvgIpc) is 3.08. The van der Waals surface area contributed by atoms with Gasteiger partial charge < -0.3 is 24.4 Å². The molecule has 2 amide bonds. The van der Waals surface area contributed by atoms with Gasteiger partial charge in [0.25, 0.3) is 0 Å². The van der Waals surface area contributed by atoms with Crippen molar-refractivity contribution in [3.63, 3.8) is 0 Å². The molecule has 2 heterocycles. The summed E-state index contributed by atoms with van der Waals surface area (Å²) in [6, 6.07) is 5.63. The van der Waals surface area contributed by atoms with Crippen LogP contribution in [0.25, 0.3) is 0 Å². The Morgan fingerprint density at radius 3 is 2.68 bits per heavy atom. The molecule has 1 N–H and O–H groups in total. The quantitative estimate of drug-likeness (QED) is 0.847. The second-order valence-electron chi connectivity index (χ2n) is 5.93. The first-order valence-corrected chi connectivity index (χ1v) is 8.45. The van der Waals surface area contributed by atoms with Crippen molar-refractivity contribution in [3.05, 3.63) is 23.8 Å². The highest BCUT2D eigenvalue weighted by Crippen LogP contribution is 2.32. The Balaban J connectivity index is 1.39. The molecule has 8 heteroatoms. The van der Waals surface area contributed by atoms with Crippen LogP contribution in [0.4, 0.5) is 4.79 Å². The van der Waals surface area contributed by atoms with Gasteiger partial charge in [-0.15, -0.1) is 0 Å². The number of hydrogen-bond donors (Lipinski definition) is 1. The van der Waals surface area contributed by atoms with E-state index in [9.17, 15) is 9.59 Å². The van der Waals surface area contributed by atoms with Gasteiger partial charge in [-0.05, 0) is 24.6 Å². The highest BCUT2D eigenvalue weighted by Gasteiger charge is 2.23. The second kappa shape index (κ2) is 8.06. The van der Waals surface area contributed by atoms with Crippen molar-refractivity contribution >= 4 is 12.0 Å². The van der Waals surface area contributed by atoms with Crippen LogP contribution in [0.2, 0.25) is 0 Å². The summed E-state index contributed by atoms with van der Waals surface area (Å²) < 4.78 is 15.6. The fourth-order valence-corrected chi connectivity index (χ4v) is 2.81. The van der Waals surface area contributed by atoms with Crippen LogP contribution < -0.4 is 14.8 Å². The lowest BCUT2D eigenvalue weighted by Gasteiger charge is -2.33. The smallest absolute Gasteiger partial charge is 0.409 e. The van der Waals surface area contributed by atoms with E-state index in [0.717, 1.165) is 11.3 Å². The number of carbonyl (C=O) groups is 2. The van der Waals surface area contributed by atoms with Gasteiger partial charge in [0.1, 0.15) is 0 Å². The molecule has 136 valence electrons. The Morgan fingerprint density at radius 1 is 1.16 bits per heavy atom. The summed E-state index contributed by atoms with van der Waals surface area (Å²) in [4.78, 5) is 27.5. The third-order valence-electron chi connectivity index (χ3n) is 4.19. The average molecular weight is 349 g/mol. The second-order valence-corrected chi connectivity index (χ2v) is 5.93. The molecular formula is C17H23N3O5. The zero-order chi connectivity index (χ0) is 17.6. The van der Waals surface area contributed by atoms with Gasteiger partial charge in [-0.25, -0.2) is 4.79 Å². The molecule has 0 radical (unpaired) electrons. The molecule has 2 aliphatic heterocycles. The monoisotopic (exact) mass is 349 g/mol. The number of rotatable bonds is 5. The lowest BCUT2D eigenvalue weighted by Crippen LogP contribution is -2.51. The van der Waals surface area contributed by atoms with Gasteiger partial charge in [0, 0.05) is 32.7 Å². The molecule has 0 aromatic heterocycles. The van der Waals surface area contributed by atoms with E-state index in [-0.39, 0.29) is 18.8 Å². The molecule has 1 aromatic carbocycles. The molecule has 1 aromatic rings. The summed E-state index contributed by atoms with van der Waals surface area (Å²) in [6.45, 7) is 5.65. The third-order valence-corrected chi connectivity index (χ3v) is 4.19. The number of benzene rings is 1. The number of carbonyl (C=O) groups excluding carboxylic acids is 2. The lowest BCUT2D eigenvalue weighted by atomic mass is 10.2. The minimum atomic E-state index is -0.283. The topological polar surface area (TPSA) is 80.3 Å². The maximum Gasteiger partial charge on any atom is 0.409 e. The molecule has 0 bridgehead atoms. The normalized spacial score (nSPS) is 16.6. The molecule has 0 aliphatic carbocycles. The van der Waals surface area contributed by atoms with Gasteiger partial charge in [0.2, 0.25) is 12.7 Å². The molecule has 0 unspecified atom stereocenters. The Labute approximate surface area is 146 Å². The van der Waals surface area contributed by atoms with Crippen LogP contribution in [0.15, 0.2) is 18.2 Å². The SMILES string of the molecule is CCOC(=O)N1CCN(CC(=O)NCc2ccc3c(c2)OCO3)CC1. The van der Waals surface area contributed by atoms with E-state index >= 15 is 0 Å². The number of piperazine rings is 1. The van der Waals surface area contributed by atoms with Crippen LogP contribution in [0.3, 0.4) is 0 Å². The molecule has 0 saturated carbocycles. The lowest BCUT2D eigenvalue weighted by molar-refractivity contribution is -0.122. The Kier molecular flexibility index (Phi) is 5.60. The Morgan fingerprint density at radius 2 is 1.92 bits per heavy atom. The summed E-state index contributed by atoms with van der Waals surface area (Å²) in [7, 11) is 0. The number of hydrogen-bond acceptors (Lipinski definition) is 6. The molecule has 0 spiro atoms. The van der Waals surface area contributed by atoms with Crippen LogP contribution in [0.1, 0.15) is 12.5 Å². The molecular weight excluding hydrogens is 326 g/mol. The minimum Gasteiger partial charge on any atom is -0.454 e. The Bertz CT molecular complexity index is 629. The van der Waals surface area contributed by atoms with Crippen molar-refractivity contribution in [1.29, 1.82) is 0 Å².